The van der Waals surface area contributed by atoms with Gasteiger partial charge in [0.1, 0.15) is 6.61 Å². The summed E-state index contributed by atoms with van der Waals surface area (Å²) in [5.41, 5.74) is 5.32. The number of hydrogen-bond acceptors (Lipinski definition) is 5. The number of nitrogens with one attached hydrogen (secondary N) is 2. The first-order valence-corrected chi connectivity index (χ1v) is 11.7. The molecule has 0 aliphatic heterocycles. The molecule has 0 aliphatic rings. The predicted molar refractivity (Wildman–Crippen MR) is 139 cm³/mol. The maximum absolute atomic E-state index is 12.1. The predicted octanol–water partition coefficient (Wildman–Crippen LogP) is 5.62. The third-order valence-electron chi connectivity index (χ3n) is 4.83. The minimum absolute atomic E-state index is 0.275. The molecule has 182 valence electrons. The molecule has 0 radical (unpaired) electrons. The summed E-state index contributed by atoms with van der Waals surface area (Å²) in [6, 6.07) is 17.8. The van der Waals surface area contributed by atoms with Crippen molar-refractivity contribution >= 4 is 46.9 Å². The number of benzene rings is 3. The molecule has 0 spiro atoms. The van der Waals surface area contributed by atoms with Crippen molar-refractivity contribution in [2.75, 3.05) is 11.9 Å². The van der Waals surface area contributed by atoms with Crippen LogP contribution in [0.2, 0.25) is 10.0 Å². The number of aryl methyl sites for hydroxylation is 1. The van der Waals surface area contributed by atoms with Crippen molar-refractivity contribution in [2.24, 2.45) is 5.10 Å². The summed E-state index contributed by atoms with van der Waals surface area (Å²) in [5, 5.41) is 7.33. The van der Waals surface area contributed by atoms with E-state index in [1.807, 2.05) is 38.1 Å². The highest BCUT2D eigenvalue weighted by atomic mass is 35.5. The first kappa shape index (κ1) is 26.1. The van der Waals surface area contributed by atoms with Gasteiger partial charge in [-0.3, -0.25) is 9.59 Å². The van der Waals surface area contributed by atoms with Crippen LogP contribution in [0.4, 0.5) is 5.69 Å². The fourth-order valence-electron chi connectivity index (χ4n) is 3.03. The standard InChI is InChI=1S/C26H25Cl2N3O4/c1-3-17-7-11-21(12-8-17)30-25(32)26(33)31-29-15-19-13-22(28)24(23(14-19)34-4-2)35-16-18-5-9-20(27)10-6-18/h5-15H,3-4,16H2,1-2H3,(H,30,32)(H,31,33)/b29-15-. The third kappa shape index (κ3) is 7.73. The monoisotopic (exact) mass is 513 g/mol. The molecule has 9 heteroatoms. The van der Waals surface area contributed by atoms with E-state index in [9.17, 15) is 9.59 Å². The second-order valence-electron chi connectivity index (χ2n) is 7.38. The zero-order valence-corrected chi connectivity index (χ0v) is 20.8. The van der Waals surface area contributed by atoms with Crippen LogP contribution in [0.5, 0.6) is 11.5 Å². The molecule has 0 heterocycles. The molecule has 0 saturated carbocycles. The summed E-state index contributed by atoms with van der Waals surface area (Å²) in [6.45, 7) is 4.54. The number of hydrogen-bond donors (Lipinski definition) is 2. The lowest BCUT2D eigenvalue weighted by atomic mass is 10.1. The van der Waals surface area contributed by atoms with E-state index >= 15 is 0 Å². The summed E-state index contributed by atoms with van der Waals surface area (Å²) < 4.78 is 11.6. The van der Waals surface area contributed by atoms with Crippen LogP contribution in [0.25, 0.3) is 0 Å². The van der Waals surface area contributed by atoms with Crippen molar-refractivity contribution in [1.82, 2.24) is 5.43 Å². The Morgan fingerprint density at radius 3 is 2.26 bits per heavy atom. The Bertz CT molecular complexity index is 1200. The van der Waals surface area contributed by atoms with E-state index in [2.05, 4.69) is 15.8 Å². The molecule has 3 aromatic carbocycles. The molecule has 3 rings (SSSR count). The number of hydrazone groups is 1. The number of rotatable bonds is 9. The number of carbonyl (C=O) groups is 2. The fraction of sp³-hybridized carbons (Fsp3) is 0.192. The van der Waals surface area contributed by atoms with Crippen molar-refractivity contribution in [2.45, 2.75) is 26.9 Å². The van der Waals surface area contributed by atoms with Crippen molar-refractivity contribution < 1.29 is 19.1 Å². The number of anilines is 1. The summed E-state index contributed by atoms with van der Waals surface area (Å²) in [4.78, 5) is 24.2. The van der Waals surface area contributed by atoms with Crippen molar-refractivity contribution in [3.8, 4) is 11.5 Å². The summed E-state index contributed by atoms with van der Waals surface area (Å²) in [5.74, 6) is -0.918. The van der Waals surface area contributed by atoms with Gasteiger partial charge >= 0.3 is 11.8 Å². The molecule has 2 amide bonds. The lowest BCUT2D eigenvalue weighted by Gasteiger charge is -2.14. The van der Waals surface area contributed by atoms with Gasteiger partial charge < -0.3 is 14.8 Å². The van der Waals surface area contributed by atoms with Crippen LogP contribution in [0.15, 0.2) is 65.8 Å². The van der Waals surface area contributed by atoms with E-state index in [-0.39, 0.29) is 6.61 Å². The van der Waals surface area contributed by atoms with Gasteiger partial charge in [0.25, 0.3) is 0 Å². The van der Waals surface area contributed by atoms with Crippen LogP contribution < -0.4 is 20.2 Å². The minimum Gasteiger partial charge on any atom is -0.490 e. The van der Waals surface area contributed by atoms with Crippen LogP contribution in [0.3, 0.4) is 0 Å². The Kier molecular flexibility index (Phi) is 9.52. The Labute approximate surface area is 214 Å². The molecule has 0 saturated heterocycles. The van der Waals surface area contributed by atoms with E-state index in [1.54, 1.807) is 36.4 Å². The van der Waals surface area contributed by atoms with Crippen LogP contribution in [-0.4, -0.2) is 24.6 Å². The third-order valence-corrected chi connectivity index (χ3v) is 5.37. The fourth-order valence-corrected chi connectivity index (χ4v) is 3.43. The van der Waals surface area contributed by atoms with E-state index in [0.29, 0.717) is 39.4 Å². The number of carbonyl (C=O) groups excluding carboxylic acids is 2. The quantitative estimate of drug-likeness (QED) is 0.220. The van der Waals surface area contributed by atoms with Crippen molar-refractivity contribution in [3.63, 3.8) is 0 Å². The molecule has 0 aliphatic carbocycles. The molecular weight excluding hydrogens is 489 g/mol. The second-order valence-corrected chi connectivity index (χ2v) is 8.23. The minimum atomic E-state index is -0.903. The molecule has 3 aromatic rings. The molecule has 0 atom stereocenters. The smallest absolute Gasteiger partial charge is 0.329 e. The molecule has 0 fully saturated rings. The highest BCUT2D eigenvalue weighted by molar-refractivity contribution is 6.39. The summed E-state index contributed by atoms with van der Waals surface area (Å²) in [6.07, 6.45) is 2.24. The Morgan fingerprint density at radius 2 is 1.60 bits per heavy atom. The maximum Gasteiger partial charge on any atom is 0.329 e. The number of ether oxygens (including phenoxy) is 2. The molecule has 0 bridgehead atoms. The lowest BCUT2D eigenvalue weighted by molar-refractivity contribution is -0.136. The van der Waals surface area contributed by atoms with Crippen molar-refractivity contribution in [3.05, 3.63) is 87.4 Å². The van der Waals surface area contributed by atoms with Crippen LogP contribution in [0.1, 0.15) is 30.5 Å². The van der Waals surface area contributed by atoms with Gasteiger partial charge in [0.15, 0.2) is 11.5 Å². The molecule has 35 heavy (non-hydrogen) atoms. The topological polar surface area (TPSA) is 89.0 Å². The van der Waals surface area contributed by atoms with Gasteiger partial charge in [-0.05, 0) is 66.4 Å². The Balaban J connectivity index is 1.62. The van der Waals surface area contributed by atoms with Crippen LogP contribution in [0, 0.1) is 0 Å². The number of nitrogens with zero attached hydrogens (tertiary/aromatic N) is 1. The molecule has 0 aromatic heterocycles. The van der Waals surface area contributed by atoms with Gasteiger partial charge in [0, 0.05) is 10.7 Å². The zero-order chi connectivity index (χ0) is 25.2. The highest BCUT2D eigenvalue weighted by Crippen LogP contribution is 2.37. The first-order valence-electron chi connectivity index (χ1n) is 11.0. The molecule has 0 unspecified atom stereocenters. The van der Waals surface area contributed by atoms with Gasteiger partial charge in [-0.1, -0.05) is 54.4 Å². The number of halogens is 2. The van der Waals surface area contributed by atoms with Gasteiger partial charge in [-0.25, -0.2) is 5.43 Å². The van der Waals surface area contributed by atoms with E-state index in [0.717, 1.165) is 17.5 Å². The highest BCUT2D eigenvalue weighted by Gasteiger charge is 2.14. The normalized spacial score (nSPS) is 10.7. The van der Waals surface area contributed by atoms with E-state index in [1.165, 1.54) is 6.21 Å². The first-order chi connectivity index (χ1) is 16.9. The van der Waals surface area contributed by atoms with Crippen molar-refractivity contribution in [1.29, 1.82) is 0 Å². The van der Waals surface area contributed by atoms with Crippen LogP contribution in [-0.2, 0) is 22.6 Å². The maximum atomic E-state index is 12.1. The average molecular weight is 514 g/mol. The largest absolute Gasteiger partial charge is 0.490 e. The Hall–Kier alpha value is -3.55. The summed E-state index contributed by atoms with van der Waals surface area (Å²) in [7, 11) is 0. The lowest BCUT2D eigenvalue weighted by Crippen LogP contribution is -2.32. The van der Waals surface area contributed by atoms with Gasteiger partial charge in [0.2, 0.25) is 0 Å². The average Bonchev–Trinajstić information content (AvgIpc) is 2.85. The van der Waals surface area contributed by atoms with Gasteiger partial charge in [-0.15, -0.1) is 0 Å². The van der Waals surface area contributed by atoms with Gasteiger partial charge in [-0.2, -0.15) is 5.10 Å². The molecule has 2 N–H and O–H groups in total. The van der Waals surface area contributed by atoms with E-state index in [4.69, 9.17) is 32.7 Å². The Morgan fingerprint density at radius 1 is 0.914 bits per heavy atom. The summed E-state index contributed by atoms with van der Waals surface area (Å²) >= 11 is 12.3. The molecular formula is C26H25Cl2N3O4. The number of amides is 2. The van der Waals surface area contributed by atoms with Gasteiger partial charge in [0.05, 0.1) is 17.8 Å². The van der Waals surface area contributed by atoms with Crippen LogP contribution >= 0.6 is 23.2 Å². The SMILES string of the molecule is CCOc1cc(/C=N\NC(=O)C(=O)Nc2ccc(CC)cc2)cc(Cl)c1OCc1ccc(Cl)cc1. The molecule has 7 nitrogen and oxygen atoms in total. The van der Waals surface area contributed by atoms with E-state index < -0.39 is 11.8 Å². The second kappa shape index (κ2) is 12.8. The zero-order valence-electron chi connectivity index (χ0n) is 19.3.